The lowest BCUT2D eigenvalue weighted by molar-refractivity contribution is -0.110. The topological polar surface area (TPSA) is 38.5 Å². The molecule has 0 amide bonds. The molecule has 1 aliphatic heterocycles. The highest BCUT2D eigenvalue weighted by Crippen LogP contribution is 2.49. The first-order chi connectivity index (χ1) is 8.63. The van der Waals surface area contributed by atoms with Crippen molar-refractivity contribution < 1.29 is 4.74 Å². The number of nitrogens with two attached hydrogens (primary N) is 1. The van der Waals surface area contributed by atoms with Crippen molar-refractivity contribution in [3.05, 3.63) is 0 Å². The minimum absolute atomic E-state index is 0.0345. The molecule has 2 rings (SSSR count). The highest BCUT2D eigenvalue weighted by Gasteiger charge is 2.60. The van der Waals surface area contributed by atoms with Crippen LogP contribution in [0, 0.1) is 5.92 Å². The van der Waals surface area contributed by atoms with Crippen LogP contribution in [-0.2, 0) is 4.74 Å². The molecule has 0 radical (unpaired) electrons. The molecule has 0 spiro atoms. The average molecular weight is 268 g/mol. The van der Waals surface area contributed by atoms with E-state index in [1.807, 2.05) is 0 Å². The van der Waals surface area contributed by atoms with E-state index in [9.17, 15) is 0 Å². The summed E-state index contributed by atoms with van der Waals surface area (Å²) < 4.78 is 6.35. The Hall–Kier alpha value is -0.120. The molecule has 0 bridgehead atoms. The molecule has 1 heterocycles. The fraction of sp³-hybridized carbons (Fsp3) is 1.00. The van der Waals surface area contributed by atoms with Crippen LogP contribution in [0.2, 0.25) is 0 Å². The molecular weight excluding hydrogens is 236 g/mol. The molecule has 3 nitrogen and oxygen atoms in total. The van der Waals surface area contributed by atoms with Gasteiger partial charge in [-0.2, -0.15) is 0 Å². The molecule has 1 saturated heterocycles. The van der Waals surface area contributed by atoms with Gasteiger partial charge in [-0.05, 0) is 66.7 Å². The van der Waals surface area contributed by atoms with Crippen molar-refractivity contribution in [2.24, 2.45) is 11.7 Å². The van der Waals surface area contributed by atoms with Crippen molar-refractivity contribution in [3.63, 3.8) is 0 Å². The van der Waals surface area contributed by atoms with Gasteiger partial charge in [0.1, 0.15) is 0 Å². The van der Waals surface area contributed by atoms with Gasteiger partial charge in [0.05, 0.1) is 16.7 Å². The summed E-state index contributed by atoms with van der Waals surface area (Å²) in [6.45, 7) is 15.3. The lowest BCUT2D eigenvalue weighted by atomic mass is 9.76. The normalized spacial score (nSPS) is 33.3. The first-order valence-electron chi connectivity index (χ1n) is 7.80. The van der Waals surface area contributed by atoms with Crippen LogP contribution in [0.15, 0.2) is 0 Å². The summed E-state index contributed by atoms with van der Waals surface area (Å²) in [6.07, 6.45) is 3.79. The van der Waals surface area contributed by atoms with Gasteiger partial charge in [0, 0.05) is 19.1 Å². The molecule has 0 aromatic carbocycles. The van der Waals surface area contributed by atoms with Crippen molar-refractivity contribution in [2.45, 2.75) is 83.6 Å². The van der Waals surface area contributed by atoms with Gasteiger partial charge in [-0.3, -0.25) is 4.90 Å². The number of hydrogen-bond acceptors (Lipinski definition) is 3. The van der Waals surface area contributed by atoms with Gasteiger partial charge in [0.25, 0.3) is 0 Å². The van der Waals surface area contributed by atoms with E-state index in [4.69, 9.17) is 10.5 Å². The summed E-state index contributed by atoms with van der Waals surface area (Å²) in [5.74, 6) is 0.880. The maximum Gasteiger partial charge on any atom is 0.0830 e. The third kappa shape index (κ3) is 2.70. The van der Waals surface area contributed by atoms with E-state index < -0.39 is 0 Å². The van der Waals surface area contributed by atoms with E-state index in [1.165, 1.54) is 19.4 Å². The summed E-state index contributed by atoms with van der Waals surface area (Å²) in [7, 11) is 0. The third-order valence-electron chi connectivity index (χ3n) is 5.03. The van der Waals surface area contributed by atoms with E-state index in [-0.39, 0.29) is 16.7 Å². The largest absolute Gasteiger partial charge is 0.368 e. The highest BCUT2D eigenvalue weighted by atomic mass is 16.5. The number of hydrogen-bond donors (Lipinski definition) is 1. The predicted molar refractivity (Wildman–Crippen MR) is 80.2 cm³/mol. The van der Waals surface area contributed by atoms with Crippen LogP contribution in [0.1, 0.15) is 60.8 Å². The van der Waals surface area contributed by atoms with Crippen LogP contribution in [0.5, 0.6) is 0 Å². The van der Waals surface area contributed by atoms with E-state index in [1.54, 1.807) is 0 Å². The van der Waals surface area contributed by atoms with E-state index in [0.717, 1.165) is 12.3 Å². The summed E-state index contributed by atoms with van der Waals surface area (Å²) in [5.41, 5.74) is 5.97. The van der Waals surface area contributed by atoms with E-state index in [2.05, 4.69) is 46.4 Å². The molecule has 3 heteroatoms. The Morgan fingerprint density at radius 3 is 2.11 bits per heavy atom. The van der Waals surface area contributed by atoms with Gasteiger partial charge in [-0.25, -0.2) is 0 Å². The van der Waals surface area contributed by atoms with Gasteiger partial charge in [0.2, 0.25) is 0 Å². The molecule has 112 valence electrons. The van der Waals surface area contributed by atoms with E-state index >= 15 is 0 Å². The summed E-state index contributed by atoms with van der Waals surface area (Å²) in [5, 5.41) is 0. The van der Waals surface area contributed by atoms with Crippen molar-refractivity contribution in [3.8, 4) is 0 Å². The monoisotopic (exact) mass is 268 g/mol. The first kappa shape index (κ1) is 15.3. The number of ether oxygens (including phenoxy) is 1. The maximum absolute atomic E-state index is 6.35. The van der Waals surface area contributed by atoms with Crippen molar-refractivity contribution in [2.75, 3.05) is 13.1 Å². The second-order valence-electron chi connectivity index (χ2n) is 7.97. The van der Waals surface area contributed by atoms with Crippen molar-refractivity contribution in [1.82, 2.24) is 4.90 Å². The first-order valence-corrected chi connectivity index (χ1v) is 7.80. The fourth-order valence-corrected chi connectivity index (χ4v) is 4.08. The smallest absolute Gasteiger partial charge is 0.0830 e. The lowest BCUT2D eigenvalue weighted by Crippen LogP contribution is -2.65. The molecule has 1 atom stereocenters. The Bertz CT molecular complexity index is 334. The van der Waals surface area contributed by atoms with Crippen LogP contribution in [0.25, 0.3) is 0 Å². The standard InChI is InChI=1S/C16H32N2O/c1-12(2)18(9-13-7-8-13)16(11-17)10-14(3,4)19-15(16,5)6/h12-13H,7-11,17H2,1-6H3. The molecule has 2 aliphatic rings. The van der Waals surface area contributed by atoms with E-state index in [0.29, 0.717) is 12.6 Å². The molecule has 1 unspecified atom stereocenters. The molecule has 2 N–H and O–H groups in total. The third-order valence-corrected chi connectivity index (χ3v) is 5.03. The minimum Gasteiger partial charge on any atom is -0.368 e. The van der Waals surface area contributed by atoms with Crippen LogP contribution >= 0.6 is 0 Å². The Labute approximate surface area is 118 Å². The number of nitrogens with zero attached hydrogens (tertiary/aromatic N) is 1. The quantitative estimate of drug-likeness (QED) is 0.833. The summed E-state index contributed by atoms with van der Waals surface area (Å²) >= 11 is 0. The maximum atomic E-state index is 6.35. The second-order valence-corrected chi connectivity index (χ2v) is 7.97. The molecular formula is C16H32N2O. The second kappa shape index (κ2) is 4.71. The zero-order valence-electron chi connectivity index (χ0n) is 13.6. The zero-order valence-corrected chi connectivity index (χ0v) is 13.6. The lowest BCUT2D eigenvalue weighted by Gasteiger charge is -2.50. The van der Waals surface area contributed by atoms with Crippen LogP contribution in [0.4, 0.5) is 0 Å². The Morgan fingerprint density at radius 1 is 1.21 bits per heavy atom. The molecule has 1 saturated carbocycles. The van der Waals surface area contributed by atoms with Crippen molar-refractivity contribution >= 4 is 0 Å². The Balaban J connectivity index is 2.33. The summed E-state index contributed by atoms with van der Waals surface area (Å²) in [6, 6.07) is 0.515. The summed E-state index contributed by atoms with van der Waals surface area (Å²) in [4.78, 5) is 2.64. The van der Waals surface area contributed by atoms with Gasteiger partial charge < -0.3 is 10.5 Å². The number of rotatable bonds is 5. The molecule has 2 fully saturated rings. The highest BCUT2D eigenvalue weighted by molar-refractivity contribution is 5.14. The minimum atomic E-state index is -0.190. The molecule has 0 aromatic rings. The molecule has 1 aliphatic carbocycles. The van der Waals surface area contributed by atoms with Crippen molar-refractivity contribution in [1.29, 1.82) is 0 Å². The van der Waals surface area contributed by atoms with Crippen LogP contribution < -0.4 is 5.73 Å². The molecule has 0 aromatic heterocycles. The predicted octanol–water partition coefficient (Wildman–Crippen LogP) is 2.78. The van der Waals surface area contributed by atoms with Gasteiger partial charge in [-0.15, -0.1) is 0 Å². The van der Waals surface area contributed by atoms with Gasteiger partial charge in [0.15, 0.2) is 0 Å². The Morgan fingerprint density at radius 2 is 1.79 bits per heavy atom. The van der Waals surface area contributed by atoms with Crippen LogP contribution in [0.3, 0.4) is 0 Å². The van der Waals surface area contributed by atoms with Crippen LogP contribution in [-0.4, -0.2) is 40.8 Å². The Kier molecular flexibility index (Phi) is 3.79. The van der Waals surface area contributed by atoms with Gasteiger partial charge >= 0.3 is 0 Å². The van der Waals surface area contributed by atoms with Gasteiger partial charge in [-0.1, -0.05) is 0 Å². The SMILES string of the molecule is CC(C)N(CC1CC1)C1(CN)CC(C)(C)OC1(C)C. The fourth-order valence-electron chi connectivity index (χ4n) is 4.08. The zero-order chi connectivity index (χ0) is 14.5. The average Bonchev–Trinajstić information content (AvgIpc) is 3.01. The molecule has 19 heavy (non-hydrogen) atoms.